The summed E-state index contributed by atoms with van der Waals surface area (Å²) in [6, 6.07) is 0. The molecule has 15 heavy (non-hydrogen) atoms. The Morgan fingerprint density at radius 3 is 1.13 bits per heavy atom. The van der Waals surface area contributed by atoms with E-state index in [4.69, 9.17) is 20.4 Å². The van der Waals surface area contributed by atoms with E-state index < -0.39 is 36.4 Å². The second kappa shape index (κ2) is 6.72. The van der Waals surface area contributed by atoms with Crippen molar-refractivity contribution in [2.75, 3.05) is 0 Å². The Kier molecular flexibility index (Phi) is 7.49. The normalized spacial score (nSPS) is 18.1. The summed E-state index contributed by atoms with van der Waals surface area (Å²) in [6.45, 7) is 0. The van der Waals surface area contributed by atoms with Gasteiger partial charge in [-0.25, -0.2) is 0 Å². The number of aliphatic hydroxyl groups excluding tert-OH is 4. The molecule has 8 nitrogen and oxygen atoms in total. The molecule has 4 N–H and O–H groups in total. The van der Waals surface area contributed by atoms with Crippen molar-refractivity contribution in [1.29, 1.82) is 0 Å². The largest absolute Gasteiger partial charge is 2.00 e. The molecule has 0 aromatic carbocycles. The third kappa shape index (κ3) is 4.56. The minimum absolute atomic E-state index is 0. The van der Waals surface area contributed by atoms with Gasteiger partial charge in [-0.3, -0.25) is 0 Å². The minimum Gasteiger partial charge on any atom is -0.547 e. The van der Waals surface area contributed by atoms with Gasteiger partial charge in [0.1, 0.15) is 24.4 Å². The molecule has 0 saturated carbocycles. The van der Waals surface area contributed by atoms with Crippen LogP contribution in [0.5, 0.6) is 0 Å². The molecule has 4 atom stereocenters. The summed E-state index contributed by atoms with van der Waals surface area (Å²) in [5.74, 6) is -4.22. The van der Waals surface area contributed by atoms with E-state index in [1.165, 1.54) is 0 Å². The predicted molar refractivity (Wildman–Crippen MR) is 34.0 cm³/mol. The van der Waals surface area contributed by atoms with Crippen molar-refractivity contribution < 1.29 is 57.3 Å². The van der Waals surface area contributed by atoms with Gasteiger partial charge in [-0.05, 0) is 0 Å². The zero-order valence-electron chi connectivity index (χ0n) is 7.11. The fourth-order valence-corrected chi connectivity index (χ4v) is 0.652. The first-order chi connectivity index (χ1) is 6.29. The summed E-state index contributed by atoms with van der Waals surface area (Å²) in [7, 11) is 0. The Morgan fingerprint density at radius 2 is 1.00 bits per heavy atom. The maximum Gasteiger partial charge on any atom is 2.00 e. The van der Waals surface area contributed by atoms with E-state index >= 15 is 0 Å². The van der Waals surface area contributed by atoms with Crippen LogP contribution in [0.25, 0.3) is 0 Å². The molecule has 1 radical (unpaired) electrons. The molecular formula is C6H8MnO8. The predicted octanol–water partition coefficient (Wildman–Crippen LogP) is -6.07. The fraction of sp³-hybridized carbons (Fsp3) is 0.667. The van der Waals surface area contributed by atoms with Crippen LogP contribution in [0.4, 0.5) is 0 Å². The van der Waals surface area contributed by atoms with Crippen molar-refractivity contribution >= 4 is 11.9 Å². The van der Waals surface area contributed by atoms with Crippen molar-refractivity contribution in [2.45, 2.75) is 24.4 Å². The van der Waals surface area contributed by atoms with E-state index in [9.17, 15) is 19.8 Å². The van der Waals surface area contributed by atoms with E-state index in [0.29, 0.717) is 0 Å². The van der Waals surface area contributed by atoms with Crippen molar-refractivity contribution in [3.8, 4) is 0 Å². The van der Waals surface area contributed by atoms with Gasteiger partial charge >= 0.3 is 17.1 Å². The first kappa shape index (κ1) is 16.7. The van der Waals surface area contributed by atoms with E-state index in [2.05, 4.69) is 0 Å². The SMILES string of the molecule is O=C([O-])C(O)C(O)C(O)C(O)C(=O)[O-].[Mn+2]. The monoisotopic (exact) mass is 263 g/mol. The fourth-order valence-electron chi connectivity index (χ4n) is 0.652. The number of carboxylic acids is 2. The number of hydrogen-bond acceptors (Lipinski definition) is 8. The van der Waals surface area contributed by atoms with Crippen LogP contribution in [0, 0.1) is 0 Å². The molecule has 0 rings (SSSR count). The molecule has 87 valence electrons. The van der Waals surface area contributed by atoms with Crippen molar-refractivity contribution in [3.63, 3.8) is 0 Å². The van der Waals surface area contributed by atoms with Crippen LogP contribution in [0.2, 0.25) is 0 Å². The molecule has 4 unspecified atom stereocenters. The Morgan fingerprint density at radius 1 is 0.800 bits per heavy atom. The number of carbonyl (C=O) groups is 2. The number of aliphatic carboxylic acids is 2. The summed E-state index contributed by atoms with van der Waals surface area (Å²) < 4.78 is 0. The molecule has 0 aliphatic rings. The molecule has 0 aromatic heterocycles. The minimum atomic E-state index is -2.50. The molecule has 0 bridgehead atoms. The smallest absolute Gasteiger partial charge is 0.547 e. The van der Waals surface area contributed by atoms with Crippen LogP contribution in [-0.2, 0) is 26.7 Å². The molecule has 0 heterocycles. The molecular weight excluding hydrogens is 255 g/mol. The molecule has 0 aliphatic heterocycles. The van der Waals surface area contributed by atoms with Gasteiger partial charge in [-0.1, -0.05) is 0 Å². The molecule has 9 heteroatoms. The van der Waals surface area contributed by atoms with Gasteiger partial charge < -0.3 is 40.2 Å². The summed E-state index contributed by atoms with van der Waals surface area (Å²) >= 11 is 0. The van der Waals surface area contributed by atoms with E-state index in [-0.39, 0.29) is 17.1 Å². The van der Waals surface area contributed by atoms with Crippen molar-refractivity contribution in [1.82, 2.24) is 0 Å². The summed E-state index contributed by atoms with van der Waals surface area (Å²) in [4.78, 5) is 19.9. The summed E-state index contributed by atoms with van der Waals surface area (Å²) in [5, 5.41) is 54.7. The third-order valence-corrected chi connectivity index (χ3v) is 1.48. The second-order valence-corrected chi connectivity index (χ2v) is 2.51. The summed E-state index contributed by atoms with van der Waals surface area (Å²) in [6.07, 6.45) is -9.76. The van der Waals surface area contributed by atoms with Gasteiger partial charge in [0.15, 0.2) is 0 Å². The van der Waals surface area contributed by atoms with Crippen molar-refractivity contribution in [2.24, 2.45) is 0 Å². The third-order valence-electron chi connectivity index (χ3n) is 1.48. The van der Waals surface area contributed by atoms with Crippen LogP contribution >= 0.6 is 0 Å². The maximum atomic E-state index is 9.96. The van der Waals surface area contributed by atoms with Gasteiger partial charge in [0.2, 0.25) is 0 Å². The van der Waals surface area contributed by atoms with Gasteiger partial charge in [0, 0.05) is 0 Å². The molecule has 0 fully saturated rings. The average molecular weight is 263 g/mol. The average Bonchev–Trinajstić information content (AvgIpc) is 2.12. The quantitative estimate of drug-likeness (QED) is 0.356. The zero-order chi connectivity index (χ0) is 11.5. The molecule has 0 saturated heterocycles. The van der Waals surface area contributed by atoms with E-state index in [1.54, 1.807) is 0 Å². The Bertz CT molecular complexity index is 207. The van der Waals surface area contributed by atoms with Crippen LogP contribution in [-0.4, -0.2) is 56.8 Å². The number of rotatable bonds is 5. The number of aliphatic hydroxyl groups is 4. The van der Waals surface area contributed by atoms with Crippen LogP contribution in [0.15, 0.2) is 0 Å². The topological polar surface area (TPSA) is 161 Å². The second-order valence-electron chi connectivity index (χ2n) is 2.51. The Hall–Kier alpha value is -0.701. The van der Waals surface area contributed by atoms with Gasteiger partial charge in [0.25, 0.3) is 0 Å². The van der Waals surface area contributed by atoms with Gasteiger partial charge in [-0.2, -0.15) is 0 Å². The van der Waals surface area contributed by atoms with Crippen molar-refractivity contribution in [3.05, 3.63) is 0 Å². The zero-order valence-corrected chi connectivity index (χ0v) is 8.29. The molecule has 0 spiro atoms. The number of carboxylic acid groups (broad SMARTS) is 2. The van der Waals surface area contributed by atoms with E-state index in [0.717, 1.165) is 0 Å². The maximum absolute atomic E-state index is 9.96. The van der Waals surface area contributed by atoms with E-state index in [1.807, 2.05) is 0 Å². The molecule has 0 aliphatic carbocycles. The van der Waals surface area contributed by atoms with Gasteiger partial charge in [0.05, 0.1) is 11.9 Å². The van der Waals surface area contributed by atoms with Crippen LogP contribution in [0.1, 0.15) is 0 Å². The van der Waals surface area contributed by atoms with Gasteiger partial charge in [-0.15, -0.1) is 0 Å². The first-order valence-electron chi connectivity index (χ1n) is 3.43. The Balaban J connectivity index is 0. The molecule has 0 amide bonds. The first-order valence-corrected chi connectivity index (χ1v) is 3.43. The number of carbonyl (C=O) groups excluding carboxylic acids is 2. The van der Waals surface area contributed by atoms with Crippen LogP contribution in [0.3, 0.4) is 0 Å². The Labute approximate surface area is 94.2 Å². The summed E-state index contributed by atoms with van der Waals surface area (Å²) in [5.41, 5.74) is 0. The molecule has 0 aromatic rings. The number of hydrogen-bond donors (Lipinski definition) is 4. The standard InChI is InChI=1S/C6H10O8.Mn/c7-1(3(9)5(11)12)2(8)4(10)6(13)14;/h1-4,7-10H,(H,11,12)(H,13,14);/q;+2/p-2. The van der Waals surface area contributed by atoms with Crippen LogP contribution < -0.4 is 10.2 Å².